The lowest BCUT2D eigenvalue weighted by molar-refractivity contribution is 0.756. The van der Waals surface area contributed by atoms with Crippen LogP contribution in [0.3, 0.4) is 0 Å². The van der Waals surface area contributed by atoms with Crippen LogP contribution in [0.4, 0.5) is 0 Å². The van der Waals surface area contributed by atoms with Gasteiger partial charge in [-0.25, -0.2) is 0 Å². The standard InChI is InChI=1S/C10H13N3S/c1-7-9(6-13(2)12-7)8-3-4-14-10(8)5-11/h3-4,6H,5,11H2,1-2H3. The third-order valence-corrected chi connectivity index (χ3v) is 3.18. The Labute approximate surface area is 87.2 Å². The van der Waals surface area contributed by atoms with Crippen LogP contribution in [-0.4, -0.2) is 9.78 Å². The molecule has 0 saturated heterocycles. The maximum Gasteiger partial charge on any atom is 0.0672 e. The second-order valence-corrected chi connectivity index (χ2v) is 4.26. The van der Waals surface area contributed by atoms with Gasteiger partial charge in [-0.2, -0.15) is 5.10 Å². The molecule has 3 nitrogen and oxygen atoms in total. The van der Waals surface area contributed by atoms with Crippen molar-refractivity contribution in [3.8, 4) is 11.1 Å². The van der Waals surface area contributed by atoms with Gasteiger partial charge in [-0.3, -0.25) is 4.68 Å². The number of nitrogens with two attached hydrogens (primary N) is 1. The molecule has 4 heteroatoms. The van der Waals surface area contributed by atoms with Crippen molar-refractivity contribution in [2.45, 2.75) is 13.5 Å². The monoisotopic (exact) mass is 207 g/mol. The zero-order valence-electron chi connectivity index (χ0n) is 8.32. The summed E-state index contributed by atoms with van der Waals surface area (Å²) in [7, 11) is 1.94. The van der Waals surface area contributed by atoms with E-state index in [-0.39, 0.29) is 0 Å². The van der Waals surface area contributed by atoms with E-state index in [0.29, 0.717) is 6.54 Å². The van der Waals surface area contributed by atoms with E-state index in [1.807, 2.05) is 24.9 Å². The second-order valence-electron chi connectivity index (χ2n) is 3.26. The fourth-order valence-corrected chi connectivity index (χ4v) is 2.37. The van der Waals surface area contributed by atoms with Gasteiger partial charge in [-0.1, -0.05) is 0 Å². The van der Waals surface area contributed by atoms with E-state index in [9.17, 15) is 0 Å². The van der Waals surface area contributed by atoms with Crippen molar-refractivity contribution in [3.05, 3.63) is 28.2 Å². The summed E-state index contributed by atoms with van der Waals surface area (Å²) in [5.74, 6) is 0. The quantitative estimate of drug-likeness (QED) is 0.817. The van der Waals surface area contributed by atoms with Crippen LogP contribution in [0.15, 0.2) is 17.6 Å². The van der Waals surface area contributed by atoms with E-state index < -0.39 is 0 Å². The molecule has 14 heavy (non-hydrogen) atoms. The van der Waals surface area contributed by atoms with Gasteiger partial charge in [-0.15, -0.1) is 11.3 Å². The number of hydrogen-bond donors (Lipinski definition) is 1. The lowest BCUT2D eigenvalue weighted by atomic mass is 10.1. The summed E-state index contributed by atoms with van der Waals surface area (Å²) in [5, 5.41) is 6.40. The molecule has 0 aliphatic rings. The zero-order chi connectivity index (χ0) is 10.1. The van der Waals surface area contributed by atoms with Crippen molar-refractivity contribution in [1.82, 2.24) is 9.78 Å². The van der Waals surface area contributed by atoms with Crippen molar-refractivity contribution >= 4 is 11.3 Å². The highest BCUT2D eigenvalue weighted by Crippen LogP contribution is 2.29. The van der Waals surface area contributed by atoms with Gasteiger partial charge in [0.15, 0.2) is 0 Å². The maximum absolute atomic E-state index is 5.67. The van der Waals surface area contributed by atoms with E-state index in [0.717, 1.165) is 5.69 Å². The molecule has 0 saturated carbocycles. The van der Waals surface area contributed by atoms with Gasteiger partial charge in [0.25, 0.3) is 0 Å². The molecule has 0 fully saturated rings. The van der Waals surface area contributed by atoms with Crippen LogP contribution in [-0.2, 0) is 13.6 Å². The Kier molecular flexibility index (Phi) is 2.39. The van der Waals surface area contributed by atoms with Crippen LogP contribution in [0.5, 0.6) is 0 Å². The summed E-state index contributed by atoms with van der Waals surface area (Å²) in [6.45, 7) is 2.62. The summed E-state index contributed by atoms with van der Waals surface area (Å²) in [6.07, 6.45) is 2.04. The summed E-state index contributed by atoms with van der Waals surface area (Å²) in [5.41, 5.74) is 9.14. The largest absolute Gasteiger partial charge is 0.326 e. The van der Waals surface area contributed by atoms with Crippen LogP contribution >= 0.6 is 11.3 Å². The van der Waals surface area contributed by atoms with Crippen molar-refractivity contribution in [3.63, 3.8) is 0 Å². The Balaban J connectivity index is 2.53. The van der Waals surface area contributed by atoms with Crippen LogP contribution < -0.4 is 5.73 Å². The molecule has 0 atom stereocenters. The molecule has 0 spiro atoms. The molecule has 0 aromatic carbocycles. The van der Waals surface area contributed by atoms with Crippen molar-refractivity contribution in [2.75, 3.05) is 0 Å². The minimum atomic E-state index is 0.599. The number of hydrogen-bond acceptors (Lipinski definition) is 3. The van der Waals surface area contributed by atoms with Crippen LogP contribution in [0.2, 0.25) is 0 Å². The van der Waals surface area contributed by atoms with E-state index >= 15 is 0 Å². The van der Waals surface area contributed by atoms with Gasteiger partial charge >= 0.3 is 0 Å². The Bertz CT molecular complexity index is 442. The van der Waals surface area contributed by atoms with Crippen LogP contribution in [0.25, 0.3) is 11.1 Å². The zero-order valence-corrected chi connectivity index (χ0v) is 9.14. The minimum absolute atomic E-state index is 0.599. The topological polar surface area (TPSA) is 43.8 Å². The minimum Gasteiger partial charge on any atom is -0.326 e. The smallest absolute Gasteiger partial charge is 0.0672 e. The first-order valence-electron chi connectivity index (χ1n) is 4.49. The number of aromatic nitrogens is 2. The summed E-state index contributed by atoms with van der Waals surface area (Å²) in [4.78, 5) is 1.22. The first kappa shape index (κ1) is 9.43. The fourth-order valence-electron chi connectivity index (χ4n) is 1.60. The Morgan fingerprint density at radius 1 is 1.50 bits per heavy atom. The van der Waals surface area contributed by atoms with E-state index in [1.54, 1.807) is 11.3 Å². The highest BCUT2D eigenvalue weighted by Gasteiger charge is 2.10. The molecule has 2 aromatic rings. The summed E-state index contributed by atoms with van der Waals surface area (Å²) < 4.78 is 1.84. The highest BCUT2D eigenvalue weighted by molar-refractivity contribution is 7.10. The van der Waals surface area contributed by atoms with Gasteiger partial charge in [0.2, 0.25) is 0 Å². The molecule has 74 valence electrons. The van der Waals surface area contributed by atoms with Crippen molar-refractivity contribution in [1.29, 1.82) is 0 Å². The van der Waals surface area contributed by atoms with Crippen molar-refractivity contribution < 1.29 is 0 Å². The van der Waals surface area contributed by atoms with Crippen molar-refractivity contribution in [2.24, 2.45) is 12.8 Å². The first-order chi connectivity index (χ1) is 6.72. The molecule has 2 N–H and O–H groups in total. The molecular weight excluding hydrogens is 194 g/mol. The molecule has 0 unspecified atom stereocenters. The SMILES string of the molecule is Cc1nn(C)cc1-c1ccsc1CN. The predicted octanol–water partition coefficient (Wildman–Crippen LogP) is 1.92. The maximum atomic E-state index is 5.67. The highest BCUT2D eigenvalue weighted by atomic mass is 32.1. The van der Waals surface area contributed by atoms with E-state index in [1.165, 1.54) is 16.0 Å². The first-order valence-corrected chi connectivity index (χ1v) is 5.37. The van der Waals surface area contributed by atoms with Gasteiger partial charge in [0.1, 0.15) is 0 Å². The molecule has 2 aromatic heterocycles. The van der Waals surface area contributed by atoms with Gasteiger partial charge in [0.05, 0.1) is 5.69 Å². The number of nitrogens with zero attached hydrogens (tertiary/aromatic N) is 2. The van der Waals surface area contributed by atoms with Gasteiger partial charge in [-0.05, 0) is 18.4 Å². The average Bonchev–Trinajstić information content (AvgIpc) is 2.71. The van der Waals surface area contributed by atoms with Crippen LogP contribution in [0, 0.1) is 6.92 Å². The average molecular weight is 207 g/mol. The molecule has 0 aliphatic heterocycles. The molecular formula is C10H13N3S. The molecule has 0 amide bonds. The Hall–Kier alpha value is -1.13. The molecule has 2 rings (SSSR count). The Morgan fingerprint density at radius 3 is 2.86 bits per heavy atom. The van der Waals surface area contributed by atoms with Crippen LogP contribution in [0.1, 0.15) is 10.6 Å². The number of thiophene rings is 1. The molecule has 0 aliphatic carbocycles. The van der Waals surface area contributed by atoms with Gasteiger partial charge < -0.3 is 5.73 Å². The summed E-state index contributed by atoms with van der Waals surface area (Å²) >= 11 is 1.70. The summed E-state index contributed by atoms with van der Waals surface area (Å²) in [6, 6.07) is 2.11. The predicted molar refractivity (Wildman–Crippen MR) is 59.1 cm³/mol. The third-order valence-electron chi connectivity index (χ3n) is 2.23. The lowest BCUT2D eigenvalue weighted by Crippen LogP contribution is -1.94. The third kappa shape index (κ3) is 1.47. The Morgan fingerprint density at radius 2 is 2.29 bits per heavy atom. The second kappa shape index (κ2) is 3.55. The normalized spacial score (nSPS) is 10.8. The van der Waals surface area contributed by atoms with E-state index in [2.05, 4.69) is 16.5 Å². The van der Waals surface area contributed by atoms with E-state index in [4.69, 9.17) is 5.73 Å². The molecule has 0 radical (unpaired) electrons. The fraction of sp³-hybridized carbons (Fsp3) is 0.300. The lowest BCUT2D eigenvalue weighted by Gasteiger charge is -1.98. The van der Waals surface area contributed by atoms with Gasteiger partial charge in [0, 0.05) is 35.8 Å². The number of aryl methyl sites for hydroxylation is 2. The number of rotatable bonds is 2. The molecule has 2 heterocycles. The molecule has 0 bridgehead atoms.